The first kappa shape index (κ1) is 16.4. The third-order valence-corrected chi connectivity index (χ3v) is 5.32. The summed E-state index contributed by atoms with van der Waals surface area (Å²) >= 11 is 10.6. The zero-order valence-corrected chi connectivity index (χ0v) is 15.3. The third-order valence-electron chi connectivity index (χ3n) is 3.05. The molecule has 1 aliphatic heterocycles. The minimum absolute atomic E-state index is 0.0306. The number of nitro benzene ring substituents is 1. The van der Waals surface area contributed by atoms with Crippen LogP contribution in [0.4, 0.5) is 5.69 Å². The topological polar surface area (TPSA) is 61.6 Å². The Kier molecular flexibility index (Phi) is 4.20. The normalized spacial score (nSPS) is 14.8. The summed E-state index contributed by atoms with van der Waals surface area (Å²) in [5.74, 6) is 0.0368. The van der Waals surface area contributed by atoms with Crippen molar-refractivity contribution in [1.82, 2.24) is 0 Å². The van der Waals surface area contributed by atoms with Gasteiger partial charge in [0.25, 0.3) is 5.69 Å². The van der Waals surface area contributed by atoms with Crippen LogP contribution in [0.2, 0.25) is 5.02 Å². The van der Waals surface area contributed by atoms with Gasteiger partial charge in [0.05, 0.1) is 15.9 Å². The van der Waals surface area contributed by atoms with Gasteiger partial charge in [0.1, 0.15) is 0 Å². The van der Waals surface area contributed by atoms with Crippen LogP contribution in [-0.2, 0) is 0 Å². The maximum atomic E-state index is 11.4. The molecule has 0 unspecified atom stereocenters. The zero-order valence-electron chi connectivity index (χ0n) is 12.1. The maximum Gasteiger partial charge on any atom is 0.287 e. The Morgan fingerprint density at radius 1 is 1.17 bits per heavy atom. The number of halogens is 2. The standard InChI is InChI=1S/C15H11BrClNO4S/c1-15(2)21-11-6-10(18(19)20)14(7-12(11)22-15)23-13-4-3-8(17)5-9(13)16/h3-7H,1-2H3. The van der Waals surface area contributed by atoms with Crippen molar-refractivity contribution in [3.8, 4) is 11.5 Å². The summed E-state index contributed by atoms with van der Waals surface area (Å²) in [5, 5.41) is 12.0. The molecular weight excluding hydrogens is 406 g/mol. The molecule has 0 fully saturated rings. The van der Waals surface area contributed by atoms with Crippen LogP contribution in [0, 0.1) is 10.1 Å². The molecule has 0 aliphatic carbocycles. The molecule has 8 heteroatoms. The Bertz CT molecular complexity index is 812. The van der Waals surface area contributed by atoms with Crippen LogP contribution in [0.5, 0.6) is 11.5 Å². The second-order valence-corrected chi connectivity index (χ2v) is 7.68. The van der Waals surface area contributed by atoms with Crippen molar-refractivity contribution < 1.29 is 14.4 Å². The lowest BCUT2D eigenvalue weighted by Crippen LogP contribution is -2.29. The first-order valence-corrected chi connectivity index (χ1v) is 8.57. The molecule has 23 heavy (non-hydrogen) atoms. The molecule has 5 nitrogen and oxygen atoms in total. The van der Waals surface area contributed by atoms with Crippen LogP contribution in [0.15, 0.2) is 44.6 Å². The first-order valence-electron chi connectivity index (χ1n) is 6.58. The lowest BCUT2D eigenvalue weighted by atomic mass is 10.3. The lowest BCUT2D eigenvalue weighted by molar-refractivity contribution is -0.387. The SMILES string of the molecule is CC1(C)Oc2cc(Sc3ccc(Cl)cc3Br)c([N+](=O)[O-])cc2O1. The Balaban J connectivity index is 2.03. The second-order valence-electron chi connectivity index (χ2n) is 5.30. The van der Waals surface area contributed by atoms with E-state index in [1.54, 1.807) is 38.1 Å². The number of hydrogen-bond acceptors (Lipinski definition) is 5. The van der Waals surface area contributed by atoms with Crippen molar-refractivity contribution in [2.75, 3.05) is 0 Å². The Labute approximate surface area is 150 Å². The summed E-state index contributed by atoms with van der Waals surface area (Å²) in [4.78, 5) is 12.2. The van der Waals surface area contributed by atoms with Gasteiger partial charge in [0.2, 0.25) is 5.79 Å². The van der Waals surface area contributed by atoms with Gasteiger partial charge in [-0.25, -0.2) is 0 Å². The van der Waals surface area contributed by atoms with Gasteiger partial charge in [0, 0.05) is 34.3 Å². The zero-order chi connectivity index (χ0) is 16.8. The molecule has 0 spiro atoms. The summed E-state index contributed by atoms with van der Waals surface area (Å²) < 4.78 is 12.0. The molecule has 0 bridgehead atoms. The molecule has 0 atom stereocenters. The molecule has 0 N–H and O–H groups in total. The van der Waals surface area contributed by atoms with E-state index in [0.29, 0.717) is 21.4 Å². The van der Waals surface area contributed by atoms with E-state index in [1.807, 2.05) is 0 Å². The smallest absolute Gasteiger partial charge is 0.287 e. The van der Waals surface area contributed by atoms with E-state index in [9.17, 15) is 10.1 Å². The van der Waals surface area contributed by atoms with Gasteiger partial charge in [-0.1, -0.05) is 23.4 Å². The molecule has 0 saturated carbocycles. The van der Waals surface area contributed by atoms with Crippen LogP contribution in [0.3, 0.4) is 0 Å². The number of nitro groups is 1. The van der Waals surface area contributed by atoms with Crippen molar-refractivity contribution in [3.63, 3.8) is 0 Å². The van der Waals surface area contributed by atoms with Crippen molar-refractivity contribution in [3.05, 3.63) is 49.9 Å². The predicted molar refractivity (Wildman–Crippen MR) is 91.7 cm³/mol. The van der Waals surface area contributed by atoms with Gasteiger partial charge in [-0.3, -0.25) is 10.1 Å². The van der Waals surface area contributed by atoms with E-state index in [2.05, 4.69) is 15.9 Å². The number of benzene rings is 2. The summed E-state index contributed by atoms with van der Waals surface area (Å²) in [5.41, 5.74) is -0.0306. The van der Waals surface area contributed by atoms with E-state index < -0.39 is 10.7 Å². The van der Waals surface area contributed by atoms with Crippen LogP contribution in [0.25, 0.3) is 0 Å². The molecule has 0 amide bonds. The quantitative estimate of drug-likeness (QED) is 0.476. The maximum absolute atomic E-state index is 11.4. The monoisotopic (exact) mass is 415 g/mol. The van der Waals surface area contributed by atoms with Gasteiger partial charge in [-0.2, -0.15) is 0 Å². The van der Waals surface area contributed by atoms with E-state index in [0.717, 1.165) is 9.37 Å². The molecule has 1 aliphatic rings. The Morgan fingerprint density at radius 3 is 2.43 bits per heavy atom. The fourth-order valence-electron chi connectivity index (χ4n) is 2.14. The van der Waals surface area contributed by atoms with Crippen molar-refractivity contribution in [1.29, 1.82) is 0 Å². The predicted octanol–water partition coefficient (Wildman–Crippen LogP) is 5.67. The van der Waals surface area contributed by atoms with Crippen LogP contribution in [0.1, 0.15) is 13.8 Å². The molecule has 2 aromatic carbocycles. The lowest BCUT2D eigenvalue weighted by Gasteiger charge is -2.16. The number of ether oxygens (including phenoxy) is 2. The Morgan fingerprint density at radius 2 is 1.83 bits per heavy atom. The van der Waals surface area contributed by atoms with E-state index in [-0.39, 0.29) is 5.69 Å². The molecule has 0 aromatic heterocycles. The molecular formula is C15H11BrClNO4S. The van der Waals surface area contributed by atoms with Gasteiger partial charge in [0.15, 0.2) is 11.5 Å². The minimum Gasteiger partial charge on any atom is -0.449 e. The summed E-state index contributed by atoms with van der Waals surface area (Å²) in [6.07, 6.45) is 0. The van der Waals surface area contributed by atoms with E-state index >= 15 is 0 Å². The minimum atomic E-state index is -0.833. The second kappa shape index (κ2) is 5.89. The molecule has 0 radical (unpaired) electrons. The first-order chi connectivity index (χ1) is 10.7. The molecule has 120 valence electrons. The molecule has 0 saturated heterocycles. The highest BCUT2D eigenvalue weighted by atomic mass is 79.9. The number of nitrogens with zero attached hydrogens (tertiary/aromatic N) is 1. The largest absolute Gasteiger partial charge is 0.449 e. The number of rotatable bonds is 3. The fraction of sp³-hybridized carbons (Fsp3) is 0.200. The van der Waals surface area contributed by atoms with Crippen molar-refractivity contribution >= 4 is 45.0 Å². The van der Waals surface area contributed by atoms with Crippen molar-refractivity contribution in [2.45, 2.75) is 29.4 Å². The summed E-state index contributed by atoms with van der Waals surface area (Å²) in [6, 6.07) is 8.31. The number of hydrogen-bond donors (Lipinski definition) is 0. The average Bonchev–Trinajstić information content (AvgIpc) is 2.73. The van der Waals surface area contributed by atoms with Crippen LogP contribution >= 0.6 is 39.3 Å². The highest BCUT2D eigenvalue weighted by Crippen LogP contribution is 2.48. The highest BCUT2D eigenvalue weighted by Gasteiger charge is 2.34. The van der Waals surface area contributed by atoms with Crippen LogP contribution in [-0.4, -0.2) is 10.7 Å². The summed E-state index contributed by atoms with van der Waals surface area (Å²) in [7, 11) is 0. The van der Waals surface area contributed by atoms with Gasteiger partial charge < -0.3 is 9.47 Å². The van der Waals surface area contributed by atoms with Gasteiger partial charge >= 0.3 is 0 Å². The number of fused-ring (bicyclic) bond motifs is 1. The average molecular weight is 417 g/mol. The van der Waals surface area contributed by atoms with Crippen LogP contribution < -0.4 is 9.47 Å². The van der Waals surface area contributed by atoms with Gasteiger partial charge in [-0.05, 0) is 34.1 Å². The summed E-state index contributed by atoms with van der Waals surface area (Å²) in [6.45, 7) is 3.50. The van der Waals surface area contributed by atoms with E-state index in [4.69, 9.17) is 21.1 Å². The van der Waals surface area contributed by atoms with Crippen molar-refractivity contribution in [2.24, 2.45) is 0 Å². The Hall–Kier alpha value is -1.44. The molecule has 2 aromatic rings. The molecule has 1 heterocycles. The highest BCUT2D eigenvalue weighted by molar-refractivity contribution is 9.10. The fourth-order valence-corrected chi connectivity index (χ4v) is 4.00. The third kappa shape index (κ3) is 3.41. The van der Waals surface area contributed by atoms with E-state index in [1.165, 1.54) is 17.8 Å². The van der Waals surface area contributed by atoms with Gasteiger partial charge in [-0.15, -0.1) is 0 Å². The molecule has 3 rings (SSSR count).